The molecule has 0 saturated carbocycles. The molecule has 8 heteroatoms. The van der Waals surface area contributed by atoms with Crippen LogP contribution in [0.4, 0.5) is 0 Å². The molecule has 1 fully saturated rings. The third-order valence-electron chi connectivity index (χ3n) is 5.54. The zero-order chi connectivity index (χ0) is 20.5. The predicted molar refractivity (Wildman–Crippen MR) is 108 cm³/mol. The van der Waals surface area contributed by atoms with E-state index in [9.17, 15) is 15.0 Å². The molecular formula is C21H13Cl3O5. The highest BCUT2D eigenvalue weighted by Gasteiger charge is 2.60. The fourth-order valence-electron chi connectivity index (χ4n) is 4.31. The molecule has 0 radical (unpaired) electrons. The van der Waals surface area contributed by atoms with Gasteiger partial charge in [0.1, 0.15) is 23.0 Å². The minimum Gasteiger partial charge on any atom is -0.508 e. The molecule has 2 N–H and O–H groups in total. The summed E-state index contributed by atoms with van der Waals surface area (Å²) in [4.78, 5) is 13.1. The fraction of sp³-hybridized carbons (Fsp3) is 0.190. The number of allylic oxidation sites excluding steroid dienone is 3. The monoisotopic (exact) mass is 450 g/mol. The van der Waals surface area contributed by atoms with E-state index in [2.05, 4.69) is 0 Å². The average Bonchev–Trinajstić information content (AvgIpc) is 2.99. The molecule has 5 rings (SSSR count). The number of carbonyl (C=O) groups excluding carboxylic acids is 1. The minimum absolute atomic E-state index is 0.0244. The molecule has 3 aliphatic rings. The van der Waals surface area contributed by atoms with Gasteiger partial charge in [0.25, 0.3) is 0 Å². The van der Waals surface area contributed by atoms with Gasteiger partial charge in [-0.25, -0.2) is 0 Å². The topological polar surface area (TPSA) is 76.0 Å². The van der Waals surface area contributed by atoms with Crippen molar-refractivity contribution >= 4 is 40.8 Å². The summed E-state index contributed by atoms with van der Waals surface area (Å²) in [5.41, 5.74) is 0.0563. The van der Waals surface area contributed by atoms with Crippen molar-refractivity contribution in [2.75, 3.05) is 5.88 Å². The van der Waals surface area contributed by atoms with Crippen molar-refractivity contribution in [2.45, 2.75) is 5.60 Å². The van der Waals surface area contributed by atoms with Gasteiger partial charge >= 0.3 is 5.97 Å². The summed E-state index contributed by atoms with van der Waals surface area (Å²) in [6.07, 6.45) is 3.51. The smallest absolute Gasteiger partial charge is 0.315 e. The van der Waals surface area contributed by atoms with Gasteiger partial charge in [-0.1, -0.05) is 29.3 Å². The van der Waals surface area contributed by atoms with Crippen LogP contribution in [0.5, 0.6) is 23.0 Å². The Labute approximate surface area is 180 Å². The summed E-state index contributed by atoms with van der Waals surface area (Å²) in [6.45, 7) is 0. The van der Waals surface area contributed by atoms with E-state index in [0.29, 0.717) is 21.7 Å². The summed E-state index contributed by atoms with van der Waals surface area (Å²) in [5, 5.41) is 20.5. The second kappa shape index (κ2) is 6.33. The second-order valence-electron chi connectivity index (χ2n) is 7.10. The van der Waals surface area contributed by atoms with Gasteiger partial charge in [-0.2, -0.15) is 0 Å². The number of rotatable bonds is 1. The molecule has 2 heterocycles. The largest absolute Gasteiger partial charge is 0.508 e. The summed E-state index contributed by atoms with van der Waals surface area (Å²) >= 11 is 18.9. The molecule has 3 unspecified atom stereocenters. The number of esters is 1. The van der Waals surface area contributed by atoms with E-state index >= 15 is 0 Å². The lowest BCUT2D eigenvalue weighted by Gasteiger charge is -2.38. The molecule has 0 bridgehead atoms. The Morgan fingerprint density at radius 2 is 1.83 bits per heavy atom. The number of alkyl halides is 1. The highest BCUT2D eigenvalue weighted by molar-refractivity contribution is 6.33. The molecule has 29 heavy (non-hydrogen) atoms. The van der Waals surface area contributed by atoms with E-state index in [1.54, 1.807) is 18.2 Å². The molecular weight excluding hydrogens is 439 g/mol. The summed E-state index contributed by atoms with van der Waals surface area (Å²) in [5.74, 6) is -0.915. The van der Waals surface area contributed by atoms with Gasteiger partial charge in [0.05, 0.1) is 10.9 Å². The lowest BCUT2D eigenvalue weighted by molar-refractivity contribution is -0.149. The van der Waals surface area contributed by atoms with Crippen molar-refractivity contribution in [3.8, 4) is 23.0 Å². The lowest BCUT2D eigenvalue weighted by atomic mass is 9.71. The molecule has 3 atom stereocenters. The molecule has 1 spiro atoms. The highest BCUT2D eigenvalue weighted by Crippen LogP contribution is 2.62. The van der Waals surface area contributed by atoms with E-state index < -0.39 is 17.5 Å². The summed E-state index contributed by atoms with van der Waals surface area (Å²) < 4.78 is 11.9. The van der Waals surface area contributed by atoms with Crippen molar-refractivity contribution in [2.24, 2.45) is 11.8 Å². The standard InChI is InChI=1S/C21H13Cl3O5/c22-8-9-1-4-13(23)19-18(9)20(27)29-21(19)11-3-2-10(25)5-16(11)28-17-7-15(26)14(24)6-12(17)21/h1-7,9,18,25-26H,8H2. The number of phenols is 2. The van der Waals surface area contributed by atoms with E-state index in [-0.39, 0.29) is 39.8 Å². The van der Waals surface area contributed by atoms with E-state index in [1.165, 1.54) is 24.3 Å². The number of halogens is 3. The number of carbonyl (C=O) groups is 1. The number of hydrogen-bond donors (Lipinski definition) is 2. The molecule has 2 aromatic carbocycles. The summed E-state index contributed by atoms with van der Waals surface area (Å²) in [7, 11) is 0. The Bertz CT molecular complexity index is 1140. The van der Waals surface area contributed by atoms with Crippen molar-refractivity contribution < 1.29 is 24.5 Å². The highest BCUT2D eigenvalue weighted by atomic mass is 35.5. The fourth-order valence-corrected chi connectivity index (χ4v) is 5.08. The van der Waals surface area contributed by atoms with Crippen molar-refractivity contribution in [3.63, 3.8) is 0 Å². The van der Waals surface area contributed by atoms with Crippen molar-refractivity contribution in [1.29, 1.82) is 0 Å². The van der Waals surface area contributed by atoms with Crippen LogP contribution >= 0.6 is 34.8 Å². The Balaban J connectivity index is 1.89. The second-order valence-corrected chi connectivity index (χ2v) is 8.22. The van der Waals surface area contributed by atoms with Gasteiger partial charge in [-0.05, 0) is 24.3 Å². The normalized spacial score (nSPS) is 26.7. The molecule has 5 nitrogen and oxygen atoms in total. The zero-order valence-electron chi connectivity index (χ0n) is 14.7. The molecule has 1 saturated heterocycles. The minimum atomic E-state index is -1.41. The molecule has 0 amide bonds. The first kappa shape index (κ1) is 18.7. The Morgan fingerprint density at radius 3 is 2.59 bits per heavy atom. The van der Waals surface area contributed by atoms with Crippen LogP contribution in [-0.4, -0.2) is 22.1 Å². The van der Waals surface area contributed by atoms with Crippen LogP contribution in [0, 0.1) is 11.8 Å². The maximum Gasteiger partial charge on any atom is 0.315 e. The van der Waals surface area contributed by atoms with E-state index in [1.807, 2.05) is 0 Å². The average molecular weight is 452 g/mol. The number of ether oxygens (including phenoxy) is 2. The van der Waals surface area contributed by atoms with Gasteiger partial charge in [0, 0.05) is 45.7 Å². The third kappa shape index (κ3) is 2.44. The van der Waals surface area contributed by atoms with Gasteiger partial charge < -0.3 is 19.7 Å². The molecule has 2 aliphatic heterocycles. The maximum atomic E-state index is 13.1. The van der Waals surface area contributed by atoms with E-state index in [4.69, 9.17) is 44.3 Å². The van der Waals surface area contributed by atoms with Crippen molar-refractivity contribution in [3.05, 3.63) is 69.2 Å². The predicted octanol–water partition coefficient (Wildman–Crippen LogP) is 5.19. The Morgan fingerprint density at radius 1 is 1.07 bits per heavy atom. The van der Waals surface area contributed by atoms with Gasteiger partial charge in [0.15, 0.2) is 5.60 Å². The molecule has 1 aliphatic carbocycles. The first-order valence-corrected chi connectivity index (χ1v) is 10.1. The van der Waals surface area contributed by atoms with Crippen LogP contribution in [0.2, 0.25) is 5.02 Å². The number of phenolic OH excluding ortho intramolecular Hbond substituents is 2. The zero-order valence-corrected chi connectivity index (χ0v) is 16.9. The van der Waals surface area contributed by atoms with Gasteiger partial charge in [-0.3, -0.25) is 4.79 Å². The van der Waals surface area contributed by atoms with Crippen molar-refractivity contribution in [1.82, 2.24) is 0 Å². The molecule has 0 aromatic heterocycles. The number of aromatic hydroxyl groups is 2. The first-order valence-electron chi connectivity index (χ1n) is 8.78. The molecule has 148 valence electrons. The maximum absolute atomic E-state index is 13.1. The van der Waals surface area contributed by atoms with Crippen LogP contribution in [0.1, 0.15) is 11.1 Å². The van der Waals surface area contributed by atoms with Crippen LogP contribution < -0.4 is 4.74 Å². The first-order chi connectivity index (χ1) is 13.9. The Hall–Kier alpha value is -2.34. The third-order valence-corrected chi connectivity index (χ3v) is 6.53. The van der Waals surface area contributed by atoms with Crippen LogP contribution in [0.15, 0.2) is 53.1 Å². The van der Waals surface area contributed by atoms with Crippen LogP contribution in [0.3, 0.4) is 0 Å². The van der Waals surface area contributed by atoms with Gasteiger partial charge in [0.2, 0.25) is 0 Å². The number of benzene rings is 2. The van der Waals surface area contributed by atoms with Gasteiger partial charge in [-0.15, -0.1) is 11.6 Å². The number of fused-ring (bicyclic) bond motifs is 6. The van der Waals surface area contributed by atoms with Crippen LogP contribution in [-0.2, 0) is 15.1 Å². The SMILES string of the molecule is O=C1OC2(C3=C(Cl)C=CC(CCl)C13)c1ccc(O)cc1Oc1cc(O)c(Cl)cc12. The molecule has 2 aromatic rings. The Kier molecular flexibility index (Phi) is 4.07. The quantitative estimate of drug-likeness (QED) is 0.461. The van der Waals surface area contributed by atoms with E-state index in [0.717, 1.165) is 0 Å². The number of hydrogen-bond acceptors (Lipinski definition) is 5. The lowest BCUT2D eigenvalue weighted by Crippen LogP contribution is -2.34. The van der Waals surface area contributed by atoms with Crippen LogP contribution in [0.25, 0.3) is 0 Å². The summed E-state index contributed by atoms with van der Waals surface area (Å²) in [6, 6.07) is 7.36.